The van der Waals surface area contributed by atoms with Crippen molar-refractivity contribution in [1.29, 1.82) is 0 Å². The number of anilines is 1. The van der Waals surface area contributed by atoms with Gasteiger partial charge in [0.05, 0.1) is 23.8 Å². The summed E-state index contributed by atoms with van der Waals surface area (Å²) < 4.78 is 6.84. The van der Waals surface area contributed by atoms with Gasteiger partial charge in [0.15, 0.2) is 5.65 Å². The van der Waals surface area contributed by atoms with Crippen LogP contribution < -0.4 is 5.32 Å². The van der Waals surface area contributed by atoms with Gasteiger partial charge in [-0.25, -0.2) is 4.98 Å². The van der Waals surface area contributed by atoms with Crippen molar-refractivity contribution in [2.75, 3.05) is 5.32 Å². The molecule has 106 valence electrons. The lowest BCUT2D eigenvalue weighted by molar-refractivity contribution is -0.111. The highest BCUT2D eigenvalue weighted by molar-refractivity contribution is 6.02. The van der Waals surface area contributed by atoms with Crippen molar-refractivity contribution >= 4 is 28.7 Å². The molecule has 6 nitrogen and oxygen atoms in total. The number of carbonyl (C=O) groups is 1. The average Bonchev–Trinajstić information content (AvgIpc) is 3.06. The predicted octanol–water partition coefficient (Wildman–Crippen LogP) is 2.52. The SMILES string of the molecule is Cc1nn(C)c2ncc(NC(=O)/C=C/c3ccco3)cc12. The first-order valence-electron chi connectivity index (χ1n) is 6.45. The fourth-order valence-corrected chi connectivity index (χ4v) is 2.10. The Morgan fingerprint density at radius 1 is 1.48 bits per heavy atom. The van der Waals surface area contributed by atoms with Crippen LogP contribution >= 0.6 is 0 Å². The number of hydrogen-bond donors (Lipinski definition) is 1. The number of furan rings is 1. The van der Waals surface area contributed by atoms with Gasteiger partial charge in [-0.3, -0.25) is 9.48 Å². The molecule has 0 aliphatic carbocycles. The first kappa shape index (κ1) is 13.1. The van der Waals surface area contributed by atoms with E-state index in [1.54, 1.807) is 35.4 Å². The Bertz CT molecular complexity index is 816. The van der Waals surface area contributed by atoms with E-state index in [2.05, 4.69) is 15.4 Å². The molecule has 21 heavy (non-hydrogen) atoms. The van der Waals surface area contributed by atoms with E-state index < -0.39 is 0 Å². The summed E-state index contributed by atoms with van der Waals surface area (Å²) in [4.78, 5) is 16.2. The van der Waals surface area contributed by atoms with Crippen LogP contribution in [0.5, 0.6) is 0 Å². The van der Waals surface area contributed by atoms with Gasteiger partial charge in [-0.05, 0) is 31.2 Å². The molecule has 1 amide bonds. The van der Waals surface area contributed by atoms with Gasteiger partial charge in [0, 0.05) is 18.5 Å². The quantitative estimate of drug-likeness (QED) is 0.749. The lowest BCUT2D eigenvalue weighted by Gasteiger charge is -2.02. The second-order valence-electron chi connectivity index (χ2n) is 4.64. The standard InChI is InChI=1S/C15H14N4O2/c1-10-13-8-11(9-16-15(13)19(2)18-10)17-14(20)6-5-12-4-3-7-21-12/h3-9H,1-2H3,(H,17,20)/b6-5+. The molecule has 3 heterocycles. The summed E-state index contributed by atoms with van der Waals surface area (Å²) in [5.41, 5.74) is 2.30. The summed E-state index contributed by atoms with van der Waals surface area (Å²) in [7, 11) is 1.84. The summed E-state index contributed by atoms with van der Waals surface area (Å²) in [5.74, 6) is 0.385. The van der Waals surface area contributed by atoms with Gasteiger partial charge in [0.25, 0.3) is 0 Å². The van der Waals surface area contributed by atoms with Gasteiger partial charge in [-0.15, -0.1) is 0 Å². The highest BCUT2D eigenvalue weighted by Gasteiger charge is 2.07. The lowest BCUT2D eigenvalue weighted by atomic mass is 10.2. The van der Waals surface area contributed by atoms with Crippen LogP contribution in [-0.2, 0) is 11.8 Å². The normalized spacial score (nSPS) is 11.3. The van der Waals surface area contributed by atoms with Crippen LogP contribution in [0.4, 0.5) is 5.69 Å². The zero-order valence-electron chi connectivity index (χ0n) is 11.7. The Morgan fingerprint density at radius 3 is 3.10 bits per heavy atom. The minimum Gasteiger partial charge on any atom is -0.465 e. The second kappa shape index (κ2) is 5.24. The minimum atomic E-state index is -0.242. The Hall–Kier alpha value is -2.89. The highest BCUT2D eigenvalue weighted by Crippen LogP contribution is 2.19. The molecule has 0 saturated carbocycles. The molecule has 0 aliphatic heterocycles. The fourth-order valence-electron chi connectivity index (χ4n) is 2.10. The third-order valence-corrected chi connectivity index (χ3v) is 3.07. The molecular formula is C15H14N4O2. The Labute approximate surface area is 121 Å². The molecule has 0 fully saturated rings. The number of fused-ring (bicyclic) bond motifs is 1. The summed E-state index contributed by atoms with van der Waals surface area (Å²) >= 11 is 0. The van der Waals surface area contributed by atoms with Gasteiger partial charge in [-0.2, -0.15) is 5.10 Å². The molecule has 0 unspecified atom stereocenters. The fraction of sp³-hybridized carbons (Fsp3) is 0.133. The molecule has 0 aromatic carbocycles. The van der Waals surface area contributed by atoms with Gasteiger partial charge < -0.3 is 9.73 Å². The van der Waals surface area contributed by atoms with Crippen LogP contribution in [0.3, 0.4) is 0 Å². The number of pyridine rings is 1. The third kappa shape index (κ3) is 2.69. The summed E-state index contributed by atoms with van der Waals surface area (Å²) in [5, 5.41) is 7.98. The van der Waals surface area contributed by atoms with Gasteiger partial charge in [0.2, 0.25) is 5.91 Å². The summed E-state index contributed by atoms with van der Waals surface area (Å²) in [6, 6.07) is 5.40. The van der Waals surface area contributed by atoms with Crippen LogP contribution in [0.1, 0.15) is 11.5 Å². The molecular weight excluding hydrogens is 268 g/mol. The van der Waals surface area contributed by atoms with Crippen LogP contribution in [0.2, 0.25) is 0 Å². The molecule has 3 aromatic heterocycles. The molecule has 1 N–H and O–H groups in total. The van der Waals surface area contributed by atoms with E-state index >= 15 is 0 Å². The number of amides is 1. The first-order chi connectivity index (χ1) is 10.1. The van der Waals surface area contributed by atoms with Crippen molar-refractivity contribution in [2.24, 2.45) is 7.05 Å². The van der Waals surface area contributed by atoms with Crippen LogP contribution in [0.15, 0.2) is 41.2 Å². The molecule has 0 saturated heterocycles. The van der Waals surface area contributed by atoms with Crippen molar-refractivity contribution in [3.8, 4) is 0 Å². The third-order valence-electron chi connectivity index (χ3n) is 3.07. The van der Waals surface area contributed by atoms with E-state index in [4.69, 9.17) is 4.42 Å². The van der Waals surface area contributed by atoms with Gasteiger partial charge >= 0.3 is 0 Å². The van der Waals surface area contributed by atoms with Crippen molar-refractivity contribution in [3.05, 3.63) is 48.2 Å². The highest BCUT2D eigenvalue weighted by atomic mass is 16.3. The number of nitrogens with zero attached hydrogens (tertiary/aromatic N) is 3. The molecule has 3 rings (SSSR count). The van der Waals surface area contributed by atoms with Gasteiger partial charge in [-0.1, -0.05) is 0 Å². The Morgan fingerprint density at radius 2 is 2.33 bits per heavy atom. The maximum Gasteiger partial charge on any atom is 0.248 e. The number of hydrogen-bond acceptors (Lipinski definition) is 4. The average molecular weight is 282 g/mol. The lowest BCUT2D eigenvalue weighted by Crippen LogP contribution is -2.08. The molecule has 3 aromatic rings. The maximum absolute atomic E-state index is 11.8. The Kier molecular flexibility index (Phi) is 3.27. The predicted molar refractivity (Wildman–Crippen MR) is 79.6 cm³/mol. The zero-order valence-corrected chi connectivity index (χ0v) is 11.7. The van der Waals surface area contributed by atoms with E-state index in [1.807, 2.05) is 20.0 Å². The van der Waals surface area contributed by atoms with E-state index in [1.165, 1.54) is 6.08 Å². The van der Waals surface area contributed by atoms with E-state index in [0.717, 1.165) is 16.7 Å². The van der Waals surface area contributed by atoms with Crippen molar-refractivity contribution in [1.82, 2.24) is 14.8 Å². The first-order valence-corrected chi connectivity index (χ1v) is 6.45. The van der Waals surface area contributed by atoms with Gasteiger partial charge in [0.1, 0.15) is 5.76 Å². The van der Waals surface area contributed by atoms with E-state index in [0.29, 0.717) is 11.4 Å². The largest absolute Gasteiger partial charge is 0.465 e. The van der Waals surface area contributed by atoms with Crippen LogP contribution in [0.25, 0.3) is 17.1 Å². The second-order valence-corrected chi connectivity index (χ2v) is 4.64. The van der Waals surface area contributed by atoms with Crippen LogP contribution in [-0.4, -0.2) is 20.7 Å². The van der Waals surface area contributed by atoms with Crippen LogP contribution in [0, 0.1) is 6.92 Å². The number of carbonyl (C=O) groups excluding carboxylic acids is 1. The Balaban J connectivity index is 1.78. The smallest absolute Gasteiger partial charge is 0.248 e. The molecule has 6 heteroatoms. The van der Waals surface area contributed by atoms with Crippen molar-refractivity contribution in [2.45, 2.75) is 6.92 Å². The molecule has 0 radical (unpaired) electrons. The molecule has 0 atom stereocenters. The maximum atomic E-state index is 11.8. The van der Waals surface area contributed by atoms with E-state index in [9.17, 15) is 4.79 Å². The zero-order chi connectivity index (χ0) is 14.8. The molecule has 0 bridgehead atoms. The molecule has 0 aliphatic rings. The summed E-state index contributed by atoms with van der Waals surface area (Å²) in [6.45, 7) is 1.91. The molecule has 0 spiro atoms. The topological polar surface area (TPSA) is 73.0 Å². The number of rotatable bonds is 3. The van der Waals surface area contributed by atoms with E-state index in [-0.39, 0.29) is 5.91 Å². The minimum absolute atomic E-state index is 0.242. The number of aryl methyl sites for hydroxylation is 2. The number of nitrogens with one attached hydrogen (secondary N) is 1. The monoisotopic (exact) mass is 282 g/mol. The summed E-state index contributed by atoms with van der Waals surface area (Å²) in [6.07, 6.45) is 6.19. The number of aromatic nitrogens is 3. The van der Waals surface area contributed by atoms with Crippen molar-refractivity contribution in [3.63, 3.8) is 0 Å². The van der Waals surface area contributed by atoms with Crippen molar-refractivity contribution < 1.29 is 9.21 Å².